The molecule has 2 rings (SSSR count). The van der Waals surface area contributed by atoms with E-state index in [1.807, 2.05) is 29.1 Å². The molecule has 0 saturated heterocycles. The molecular weight excluding hydrogens is 253 g/mol. The Morgan fingerprint density at radius 3 is 2.90 bits per heavy atom. The van der Waals surface area contributed by atoms with Gasteiger partial charge in [-0.3, -0.25) is 0 Å². The number of halogens is 1. The molecule has 2 aromatic rings. The average Bonchev–Trinajstić information content (AvgIpc) is 2.90. The van der Waals surface area contributed by atoms with Gasteiger partial charge in [0.1, 0.15) is 11.9 Å². The second kappa shape index (κ2) is 6.36. The lowest BCUT2D eigenvalue weighted by molar-refractivity contribution is 0.622. The lowest BCUT2D eigenvalue weighted by Gasteiger charge is -2.08. The van der Waals surface area contributed by atoms with Crippen LogP contribution in [0.1, 0.15) is 42.5 Å². The fraction of sp³-hybridized carbons (Fsp3) is 0.312. The van der Waals surface area contributed by atoms with E-state index in [4.69, 9.17) is 11.0 Å². The number of hydrogen-bond donors (Lipinski definition) is 1. The van der Waals surface area contributed by atoms with Crippen molar-refractivity contribution in [3.05, 3.63) is 59.2 Å². The van der Waals surface area contributed by atoms with Gasteiger partial charge in [-0.05, 0) is 35.7 Å². The van der Waals surface area contributed by atoms with Gasteiger partial charge in [0.2, 0.25) is 0 Å². The predicted octanol–water partition coefficient (Wildman–Crippen LogP) is 3.35. The number of aromatic nitrogens is 1. The summed E-state index contributed by atoms with van der Waals surface area (Å²) in [5.74, 6) is -0.477. The summed E-state index contributed by atoms with van der Waals surface area (Å²) in [4.78, 5) is 0. The van der Waals surface area contributed by atoms with E-state index in [0.717, 1.165) is 24.0 Å². The fourth-order valence-electron chi connectivity index (χ4n) is 2.22. The maximum atomic E-state index is 13.3. The zero-order valence-corrected chi connectivity index (χ0v) is 11.5. The van der Waals surface area contributed by atoms with Crippen molar-refractivity contribution < 1.29 is 4.39 Å². The highest BCUT2D eigenvalue weighted by molar-refractivity contribution is 5.34. The molecular formula is C16H18FN3. The lowest BCUT2D eigenvalue weighted by atomic mass is 10.1. The quantitative estimate of drug-likeness (QED) is 0.906. The predicted molar refractivity (Wildman–Crippen MR) is 76.5 cm³/mol. The standard InChI is InChI=1S/C16H18FN3/c1-2-3-16(19)13-6-7-20(11-13)10-12-4-5-15(17)14(8-12)9-18/h4-8,11,16H,2-3,10,19H2,1H3. The van der Waals surface area contributed by atoms with Gasteiger partial charge in [0.05, 0.1) is 5.56 Å². The number of nitrogens with zero attached hydrogens (tertiary/aromatic N) is 2. The summed E-state index contributed by atoms with van der Waals surface area (Å²) in [7, 11) is 0. The van der Waals surface area contributed by atoms with E-state index in [2.05, 4.69) is 6.92 Å². The van der Waals surface area contributed by atoms with Crippen molar-refractivity contribution in [2.45, 2.75) is 32.4 Å². The smallest absolute Gasteiger partial charge is 0.140 e. The van der Waals surface area contributed by atoms with Crippen LogP contribution in [0.3, 0.4) is 0 Å². The minimum atomic E-state index is -0.477. The average molecular weight is 271 g/mol. The van der Waals surface area contributed by atoms with Gasteiger partial charge in [-0.1, -0.05) is 19.4 Å². The van der Waals surface area contributed by atoms with Crippen LogP contribution in [0.15, 0.2) is 36.7 Å². The molecule has 1 aromatic carbocycles. The minimum absolute atomic E-state index is 0.0594. The van der Waals surface area contributed by atoms with Crippen LogP contribution in [0, 0.1) is 17.1 Å². The Morgan fingerprint density at radius 1 is 1.40 bits per heavy atom. The highest BCUT2D eigenvalue weighted by Crippen LogP contribution is 2.17. The second-order valence-corrected chi connectivity index (χ2v) is 4.94. The molecule has 0 bridgehead atoms. The van der Waals surface area contributed by atoms with E-state index in [0.29, 0.717) is 6.54 Å². The van der Waals surface area contributed by atoms with Crippen molar-refractivity contribution in [2.75, 3.05) is 0 Å². The molecule has 3 nitrogen and oxygen atoms in total. The molecule has 1 aromatic heterocycles. The number of benzene rings is 1. The molecule has 20 heavy (non-hydrogen) atoms. The van der Waals surface area contributed by atoms with E-state index >= 15 is 0 Å². The van der Waals surface area contributed by atoms with Gasteiger partial charge in [-0.2, -0.15) is 5.26 Å². The Kier molecular flexibility index (Phi) is 4.54. The van der Waals surface area contributed by atoms with Crippen molar-refractivity contribution in [1.29, 1.82) is 5.26 Å². The van der Waals surface area contributed by atoms with Gasteiger partial charge in [-0.15, -0.1) is 0 Å². The van der Waals surface area contributed by atoms with Crippen molar-refractivity contribution in [3.63, 3.8) is 0 Å². The largest absolute Gasteiger partial charge is 0.350 e. The summed E-state index contributed by atoms with van der Waals surface area (Å²) >= 11 is 0. The topological polar surface area (TPSA) is 54.7 Å². The first-order valence-corrected chi connectivity index (χ1v) is 6.73. The highest BCUT2D eigenvalue weighted by Gasteiger charge is 2.07. The first-order valence-electron chi connectivity index (χ1n) is 6.73. The van der Waals surface area contributed by atoms with Gasteiger partial charge in [0.25, 0.3) is 0 Å². The van der Waals surface area contributed by atoms with Crippen LogP contribution in [-0.2, 0) is 6.54 Å². The van der Waals surface area contributed by atoms with Gasteiger partial charge in [0, 0.05) is 25.0 Å². The zero-order chi connectivity index (χ0) is 14.5. The maximum Gasteiger partial charge on any atom is 0.140 e. The number of nitriles is 1. The molecule has 1 atom stereocenters. The fourth-order valence-corrected chi connectivity index (χ4v) is 2.22. The van der Waals surface area contributed by atoms with Crippen molar-refractivity contribution >= 4 is 0 Å². The Labute approximate surface area is 118 Å². The van der Waals surface area contributed by atoms with Crippen LogP contribution in [0.2, 0.25) is 0 Å². The van der Waals surface area contributed by atoms with Crippen LogP contribution in [0.4, 0.5) is 4.39 Å². The molecule has 0 spiro atoms. The second-order valence-electron chi connectivity index (χ2n) is 4.94. The summed E-state index contributed by atoms with van der Waals surface area (Å²) < 4.78 is 15.3. The zero-order valence-electron chi connectivity index (χ0n) is 11.5. The maximum absolute atomic E-state index is 13.3. The SMILES string of the molecule is CCCC(N)c1ccn(Cc2ccc(F)c(C#N)c2)c1. The Bertz CT molecular complexity index is 625. The van der Waals surface area contributed by atoms with E-state index in [9.17, 15) is 4.39 Å². The Hall–Kier alpha value is -2.12. The minimum Gasteiger partial charge on any atom is -0.350 e. The summed E-state index contributed by atoms with van der Waals surface area (Å²) in [6.45, 7) is 2.71. The normalized spacial score (nSPS) is 12.1. The molecule has 4 heteroatoms. The number of rotatable bonds is 5. The Morgan fingerprint density at radius 2 is 2.20 bits per heavy atom. The molecule has 1 heterocycles. The summed E-state index contributed by atoms with van der Waals surface area (Å²) in [5.41, 5.74) is 8.16. The van der Waals surface area contributed by atoms with E-state index in [1.54, 1.807) is 12.1 Å². The molecule has 0 aliphatic rings. The van der Waals surface area contributed by atoms with Crippen LogP contribution in [0.5, 0.6) is 0 Å². The first-order chi connectivity index (χ1) is 9.63. The molecule has 0 amide bonds. The molecule has 2 N–H and O–H groups in total. The van der Waals surface area contributed by atoms with Gasteiger partial charge < -0.3 is 10.3 Å². The highest BCUT2D eigenvalue weighted by atomic mass is 19.1. The van der Waals surface area contributed by atoms with Gasteiger partial charge in [-0.25, -0.2) is 4.39 Å². The molecule has 0 radical (unpaired) electrons. The molecule has 104 valence electrons. The van der Waals surface area contributed by atoms with Gasteiger partial charge in [0.15, 0.2) is 0 Å². The first kappa shape index (κ1) is 14.3. The molecule has 0 aliphatic carbocycles. The van der Waals surface area contributed by atoms with Crippen molar-refractivity contribution in [1.82, 2.24) is 4.57 Å². The third-order valence-corrected chi connectivity index (χ3v) is 3.32. The van der Waals surface area contributed by atoms with Crippen molar-refractivity contribution in [2.24, 2.45) is 5.73 Å². The number of hydrogen-bond acceptors (Lipinski definition) is 2. The van der Waals surface area contributed by atoms with Crippen molar-refractivity contribution in [3.8, 4) is 6.07 Å². The third-order valence-electron chi connectivity index (χ3n) is 3.32. The number of nitrogens with two attached hydrogens (primary N) is 1. The summed E-state index contributed by atoms with van der Waals surface area (Å²) in [6, 6.07) is 8.54. The molecule has 1 unspecified atom stereocenters. The lowest BCUT2D eigenvalue weighted by Crippen LogP contribution is -2.08. The molecule has 0 saturated carbocycles. The third kappa shape index (κ3) is 3.25. The van der Waals surface area contributed by atoms with E-state index in [1.165, 1.54) is 6.07 Å². The van der Waals surface area contributed by atoms with Crippen LogP contribution in [0.25, 0.3) is 0 Å². The van der Waals surface area contributed by atoms with E-state index < -0.39 is 5.82 Å². The summed E-state index contributed by atoms with van der Waals surface area (Å²) in [6.07, 6.45) is 5.98. The summed E-state index contributed by atoms with van der Waals surface area (Å²) in [5, 5.41) is 8.83. The van der Waals surface area contributed by atoms with E-state index in [-0.39, 0.29) is 11.6 Å². The molecule has 0 fully saturated rings. The monoisotopic (exact) mass is 271 g/mol. The Balaban J connectivity index is 2.13. The van der Waals surface area contributed by atoms with Crippen LogP contribution < -0.4 is 5.73 Å². The van der Waals surface area contributed by atoms with Gasteiger partial charge >= 0.3 is 0 Å². The van der Waals surface area contributed by atoms with Crippen LogP contribution >= 0.6 is 0 Å². The van der Waals surface area contributed by atoms with Crippen LogP contribution in [-0.4, -0.2) is 4.57 Å². The molecule has 0 aliphatic heterocycles.